The predicted molar refractivity (Wildman–Crippen MR) is 85.3 cm³/mol. The molecule has 0 atom stereocenters. The standard InChI is InChI=1S/C18H16F3NO2/c1-23-10-11-2-4-12(5-3-11)13-6-14-7-15(9-22)24-17(14)16(8-13)18(19,20)21/h2-8H,9-10,22H2,1H3. The Morgan fingerprint density at radius 3 is 2.33 bits per heavy atom. The van der Waals surface area contributed by atoms with Gasteiger partial charge in [0.2, 0.25) is 0 Å². The third-order valence-corrected chi connectivity index (χ3v) is 3.77. The van der Waals surface area contributed by atoms with Gasteiger partial charge in [0.15, 0.2) is 0 Å². The minimum Gasteiger partial charge on any atom is -0.459 e. The Bertz CT molecular complexity index is 851. The number of methoxy groups -OCH3 is 1. The molecule has 2 N–H and O–H groups in total. The Balaban J connectivity index is 2.14. The van der Waals surface area contributed by atoms with E-state index in [0.717, 1.165) is 11.6 Å². The van der Waals surface area contributed by atoms with E-state index in [0.29, 0.717) is 28.9 Å². The molecule has 0 fully saturated rings. The second-order valence-corrected chi connectivity index (χ2v) is 5.49. The van der Waals surface area contributed by atoms with E-state index in [4.69, 9.17) is 14.9 Å². The van der Waals surface area contributed by atoms with Crippen LogP contribution in [0.15, 0.2) is 46.9 Å². The smallest absolute Gasteiger partial charge is 0.420 e. The van der Waals surface area contributed by atoms with Gasteiger partial charge in [-0.25, -0.2) is 0 Å². The number of nitrogens with two attached hydrogens (primary N) is 1. The summed E-state index contributed by atoms with van der Waals surface area (Å²) >= 11 is 0. The molecule has 0 bridgehead atoms. The number of hydrogen-bond acceptors (Lipinski definition) is 3. The minimum absolute atomic E-state index is 0.0486. The number of rotatable bonds is 4. The normalized spacial score (nSPS) is 12.0. The molecule has 0 saturated carbocycles. The summed E-state index contributed by atoms with van der Waals surface area (Å²) in [5, 5.41) is 0.390. The molecule has 0 amide bonds. The highest BCUT2D eigenvalue weighted by Crippen LogP contribution is 2.39. The van der Waals surface area contributed by atoms with Gasteiger partial charge in [-0.2, -0.15) is 13.2 Å². The molecular formula is C18H16F3NO2. The third-order valence-electron chi connectivity index (χ3n) is 3.77. The van der Waals surface area contributed by atoms with E-state index in [9.17, 15) is 13.2 Å². The quantitative estimate of drug-likeness (QED) is 0.750. The monoisotopic (exact) mass is 335 g/mol. The lowest BCUT2D eigenvalue weighted by Gasteiger charge is -2.10. The molecule has 3 aromatic rings. The van der Waals surface area contributed by atoms with Crippen molar-refractivity contribution in [1.29, 1.82) is 0 Å². The Hall–Kier alpha value is -2.31. The van der Waals surface area contributed by atoms with Crippen molar-refractivity contribution in [3.8, 4) is 11.1 Å². The Morgan fingerprint density at radius 2 is 1.75 bits per heavy atom. The first-order valence-corrected chi connectivity index (χ1v) is 7.34. The average molecular weight is 335 g/mol. The molecule has 2 aromatic carbocycles. The molecular weight excluding hydrogens is 319 g/mol. The molecule has 1 heterocycles. The molecule has 0 unspecified atom stereocenters. The summed E-state index contributed by atoms with van der Waals surface area (Å²) in [5.41, 5.74) is 6.63. The van der Waals surface area contributed by atoms with Gasteiger partial charge in [0.05, 0.1) is 18.7 Å². The van der Waals surface area contributed by atoms with Crippen LogP contribution in [-0.4, -0.2) is 7.11 Å². The van der Waals surface area contributed by atoms with Crippen molar-refractivity contribution in [2.24, 2.45) is 5.73 Å². The minimum atomic E-state index is -4.51. The SMILES string of the molecule is COCc1ccc(-c2cc(C(F)(F)F)c3oc(CN)cc3c2)cc1. The van der Waals surface area contributed by atoms with Gasteiger partial charge in [0, 0.05) is 12.5 Å². The molecule has 0 aliphatic rings. The van der Waals surface area contributed by atoms with Crippen LogP contribution >= 0.6 is 0 Å². The lowest BCUT2D eigenvalue weighted by atomic mass is 9.99. The van der Waals surface area contributed by atoms with Gasteiger partial charge in [0.1, 0.15) is 11.3 Å². The van der Waals surface area contributed by atoms with Crippen LogP contribution in [0, 0.1) is 0 Å². The zero-order valence-corrected chi connectivity index (χ0v) is 13.0. The summed E-state index contributed by atoms with van der Waals surface area (Å²) in [6.07, 6.45) is -4.51. The van der Waals surface area contributed by atoms with Crippen LogP contribution in [-0.2, 0) is 24.1 Å². The largest absolute Gasteiger partial charge is 0.459 e. The average Bonchev–Trinajstić information content (AvgIpc) is 2.97. The fourth-order valence-corrected chi connectivity index (χ4v) is 2.64. The van der Waals surface area contributed by atoms with Gasteiger partial charge in [-0.15, -0.1) is 0 Å². The Labute approximate surface area is 136 Å². The van der Waals surface area contributed by atoms with E-state index < -0.39 is 11.7 Å². The maximum atomic E-state index is 13.4. The summed E-state index contributed by atoms with van der Waals surface area (Å²) in [7, 11) is 1.59. The number of ether oxygens (including phenoxy) is 1. The second-order valence-electron chi connectivity index (χ2n) is 5.49. The lowest BCUT2D eigenvalue weighted by Crippen LogP contribution is -2.05. The molecule has 126 valence electrons. The molecule has 3 rings (SSSR count). The number of benzene rings is 2. The van der Waals surface area contributed by atoms with E-state index in [-0.39, 0.29) is 12.1 Å². The van der Waals surface area contributed by atoms with Crippen molar-refractivity contribution in [2.45, 2.75) is 19.3 Å². The van der Waals surface area contributed by atoms with Gasteiger partial charge < -0.3 is 14.9 Å². The summed E-state index contributed by atoms with van der Waals surface area (Å²) in [5.74, 6) is 0.322. The topological polar surface area (TPSA) is 48.4 Å². The number of fused-ring (bicyclic) bond motifs is 1. The van der Waals surface area contributed by atoms with Crippen LogP contribution in [0.2, 0.25) is 0 Å². The van der Waals surface area contributed by atoms with Gasteiger partial charge in [-0.1, -0.05) is 24.3 Å². The van der Waals surface area contributed by atoms with E-state index in [2.05, 4.69) is 0 Å². The van der Waals surface area contributed by atoms with Crippen LogP contribution in [0.1, 0.15) is 16.9 Å². The summed E-state index contributed by atoms with van der Waals surface area (Å²) in [4.78, 5) is 0. The van der Waals surface area contributed by atoms with Crippen LogP contribution < -0.4 is 5.73 Å². The maximum absolute atomic E-state index is 13.4. The van der Waals surface area contributed by atoms with Crippen molar-refractivity contribution in [3.05, 3.63) is 59.4 Å². The molecule has 3 nitrogen and oxygen atoms in total. The van der Waals surface area contributed by atoms with Crippen molar-refractivity contribution < 1.29 is 22.3 Å². The van der Waals surface area contributed by atoms with Crippen molar-refractivity contribution in [1.82, 2.24) is 0 Å². The van der Waals surface area contributed by atoms with E-state index in [1.807, 2.05) is 12.1 Å². The fraction of sp³-hybridized carbons (Fsp3) is 0.222. The number of halogens is 3. The van der Waals surface area contributed by atoms with Crippen molar-refractivity contribution in [3.63, 3.8) is 0 Å². The molecule has 0 aliphatic carbocycles. The molecule has 0 saturated heterocycles. The maximum Gasteiger partial charge on any atom is 0.420 e. The van der Waals surface area contributed by atoms with Crippen LogP contribution in [0.3, 0.4) is 0 Å². The molecule has 0 aliphatic heterocycles. The highest BCUT2D eigenvalue weighted by molar-refractivity contribution is 5.87. The zero-order valence-electron chi connectivity index (χ0n) is 13.0. The van der Waals surface area contributed by atoms with Gasteiger partial charge in [0.25, 0.3) is 0 Å². The van der Waals surface area contributed by atoms with Gasteiger partial charge in [-0.3, -0.25) is 0 Å². The third kappa shape index (κ3) is 3.16. The first kappa shape index (κ1) is 16.5. The van der Waals surface area contributed by atoms with Gasteiger partial charge >= 0.3 is 6.18 Å². The van der Waals surface area contributed by atoms with E-state index >= 15 is 0 Å². The molecule has 0 radical (unpaired) electrons. The number of hydrogen-bond donors (Lipinski definition) is 1. The predicted octanol–water partition coefficient (Wildman–Crippen LogP) is 4.72. The summed E-state index contributed by atoms with van der Waals surface area (Å²) in [6, 6.07) is 11.6. The first-order chi connectivity index (χ1) is 11.4. The van der Waals surface area contributed by atoms with E-state index in [1.165, 1.54) is 0 Å². The molecule has 6 heteroatoms. The molecule has 24 heavy (non-hydrogen) atoms. The second kappa shape index (κ2) is 6.30. The van der Waals surface area contributed by atoms with E-state index in [1.54, 1.807) is 31.4 Å². The first-order valence-electron chi connectivity index (χ1n) is 7.34. The highest BCUT2D eigenvalue weighted by Gasteiger charge is 2.35. The fourth-order valence-electron chi connectivity index (χ4n) is 2.64. The Kier molecular flexibility index (Phi) is 4.34. The lowest BCUT2D eigenvalue weighted by molar-refractivity contribution is -0.136. The zero-order chi connectivity index (χ0) is 17.3. The van der Waals surface area contributed by atoms with Crippen molar-refractivity contribution in [2.75, 3.05) is 7.11 Å². The Morgan fingerprint density at radius 1 is 1.04 bits per heavy atom. The van der Waals surface area contributed by atoms with Crippen molar-refractivity contribution >= 4 is 11.0 Å². The van der Waals surface area contributed by atoms with Crippen LogP contribution in [0.25, 0.3) is 22.1 Å². The summed E-state index contributed by atoms with van der Waals surface area (Å²) in [6.45, 7) is 0.502. The van der Waals surface area contributed by atoms with Crippen LogP contribution in [0.5, 0.6) is 0 Å². The highest BCUT2D eigenvalue weighted by atomic mass is 19.4. The van der Waals surface area contributed by atoms with Crippen LogP contribution in [0.4, 0.5) is 13.2 Å². The van der Waals surface area contributed by atoms with Gasteiger partial charge in [-0.05, 0) is 34.9 Å². The number of furan rings is 1. The molecule has 1 aromatic heterocycles. The molecule has 0 spiro atoms. The number of alkyl halides is 3. The summed E-state index contributed by atoms with van der Waals surface area (Å²) < 4.78 is 50.4.